The van der Waals surface area contributed by atoms with Crippen LogP contribution in [-0.2, 0) is 50.8 Å². The maximum atomic E-state index is 8.52. The van der Waals surface area contributed by atoms with E-state index in [0.717, 1.165) is 13.1 Å². The molecular weight excluding hydrogens is 343 g/mol. The van der Waals surface area contributed by atoms with Gasteiger partial charge in [-0.2, -0.15) is 0 Å². The van der Waals surface area contributed by atoms with E-state index >= 15 is 0 Å². The van der Waals surface area contributed by atoms with Crippen LogP contribution in [0.25, 0.3) is 0 Å². The van der Waals surface area contributed by atoms with E-state index in [-0.39, 0.29) is 27.3 Å². The predicted molar refractivity (Wildman–Crippen MR) is 22.2 cm³/mol. The first kappa shape index (κ1) is 17.1. The van der Waals surface area contributed by atoms with E-state index in [2.05, 4.69) is 20.2 Å². The van der Waals surface area contributed by atoms with Gasteiger partial charge in [0.15, 0.2) is 0 Å². The van der Waals surface area contributed by atoms with Gasteiger partial charge in [-0.3, -0.25) is 8.42 Å². The van der Waals surface area contributed by atoms with Crippen molar-refractivity contribution in [1.29, 1.82) is 0 Å². The van der Waals surface area contributed by atoms with Crippen LogP contribution in [0.15, 0.2) is 0 Å². The topological polar surface area (TPSA) is 80.3 Å². The molecule has 0 atom stereocenters. The Morgan fingerprint density at radius 1 is 1.22 bits per heavy atom. The summed E-state index contributed by atoms with van der Waals surface area (Å²) in [4.78, 5) is 0. The molecule has 0 fully saturated rings. The monoisotopic (exact) mass is 343 g/mol. The average Bonchev–Trinajstić information content (AvgIpc) is 1.27. The van der Waals surface area contributed by atoms with Gasteiger partial charge < -0.3 is 9.11 Å². The molecular formula is CdCl2CuO4S. The molecule has 0 spiro atoms. The summed E-state index contributed by atoms with van der Waals surface area (Å²) >= 11 is 0.757. The Balaban J connectivity index is -0.0000000800. The first-order chi connectivity index (χ1) is 3.41. The van der Waals surface area contributed by atoms with Gasteiger partial charge >= 0.3 is 60.6 Å². The third kappa shape index (κ3) is 172. The molecule has 0 saturated heterocycles. The van der Waals surface area contributed by atoms with Crippen LogP contribution in [0, 0.1) is 0 Å². The van der Waals surface area contributed by atoms with Crippen molar-refractivity contribution < 1.29 is 58.0 Å². The van der Waals surface area contributed by atoms with E-state index in [9.17, 15) is 0 Å². The first-order valence-electron chi connectivity index (χ1n) is 0.895. The Morgan fingerprint density at radius 3 is 1.22 bits per heavy atom. The summed E-state index contributed by atoms with van der Waals surface area (Å²) in [6.45, 7) is 0. The van der Waals surface area contributed by atoms with Crippen LogP contribution in [0.1, 0.15) is 0 Å². The van der Waals surface area contributed by atoms with Gasteiger partial charge in [-0.15, -0.1) is 0 Å². The molecule has 9 heteroatoms. The zero-order chi connectivity index (χ0) is 7.21. The summed E-state index contributed by atoms with van der Waals surface area (Å²) in [6.07, 6.45) is 0. The second-order valence-electron chi connectivity index (χ2n) is 0.451. The molecule has 0 bridgehead atoms. The van der Waals surface area contributed by atoms with Crippen molar-refractivity contribution >= 4 is 30.6 Å². The fourth-order valence-electron chi connectivity index (χ4n) is 0. The molecule has 9 heavy (non-hydrogen) atoms. The van der Waals surface area contributed by atoms with Gasteiger partial charge in [-0.1, -0.05) is 0 Å². The molecule has 0 radical (unpaired) electrons. The van der Waals surface area contributed by atoms with Crippen LogP contribution in [-0.4, -0.2) is 17.5 Å². The fourth-order valence-corrected chi connectivity index (χ4v) is 0. The Bertz CT molecular complexity index is 113. The minimum absolute atomic E-state index is 0. The summed E-state index contributed by atoms with van der Waals surface area (Å²) < 4.78 is 34.1. The average molecular weight is 343 g/mol. The van der Waals surface area contributed by atoms with Crippen LogP contribution in [0.2, 0.25) is 0 Å². The summed E-state index contributed by atoms with van der Waals surface area (Å²) in [6, 6.07) is 0. The van der Waals surface area contributed by atoms with E-state index in [1.165, 1.54) is 0 Å². The van der Waals surface area contributed by atoms with E-state index in [1.54, 1.807) is 0 Å². The normalized spacial score (nSPS) is 8.89. The number of rotatable bonds is 0. The van der Waals surface area contributed by atoms with Crippen molar-refractivity contribution in [2.24, 2.45) is 0 Å². The Kier molecular flexibility index (Phi) is 18.8. The molecule has 0 N–H and O–H groups in total. The molecule has 4 nitrogen and oxygen atoms in total. The summed E-state index contributed by atoms with van der Waals surface area (Å²) in [5.74, 6) is 0. The third-order valence-corrected chi connectivity index (χ3v) is 0. The molecule has 0 rings (SSSR count). The van der Waals surface area contributed by atoms with Gasteiger partial charge in [0.1, 0.15) is 0 Å². The van der Waals surface area contributed by atoms with E-state index < -0.39 is 10.4 Å². The Hall–Kier alpha value is 1.89. The molecule has 0 aromatic carbocycles. The second-order valence-corrected chi connectivity index (χ2v) is 2.82. The maximum absolute atomic E-state index is 8.52. The molecule has 0 saturated carbocycles. The number of hydrogen-bond acceptors (Lipinski definition) is 4. The van der Waals surface area contributed by atoms with E-state index in [4.69, 9.17) is 17.5 Å². The number of hydrogen-bond donors (Lipinski definition) is 0. The van der Waals surface area contributed by atoms with Crippen molar-refractivity contribution in [3.05, 3.63) is 0 Å². The molecule has 0 aliphatic carbocycles. The Morgan fingerprint density at radius 2 is 1.22 bits per heavy atom. The van der Waals surface area contributed by atoms with Gasteiger partial charge in [-0.05, 0) is 0 Å². The third-order valence-electron chi connectivity index (χ3n) is 0. The van der Waals surface area contributed by atoms with Gasteiger partial charge in [0.2, 0.25) is 0 Å². The van der Waals surface area contributed by atoms with Gasteiger partial charge in [0, 0.05) is 10.4 Å². The molecule has 0 unspecified atom stereocenters. The van der Waals surface area contributed by atoms with Crippen molar-refractivity contribution in [3.63, 3.8) is 0 Å². The Labute approximate surface area is 87.6 Å². The van der Waals surface area contributed by atoms with Crippen LogP contribution in [0.5, 0.6) is 0 Å². The van der Waals surface area contributed by atoms with Gasteiger partial charge in [-0.25, -0.2) is 0 Å². The first-order valence-corrected chi connectivity index (χ1v) is 4.82. The number of halogens is 2. The molecule has 0 aromatic heterocycles. The summed E-state index contributed by atoms with van der Waals surface area (Å²) in [5, 5.41) is 0. The molecule has 57 valence electrons. The van der Waals surface area contributed by atoms with Crippen LogP contribution >= 0.6 is 20.2 Å². The van der Waals surface area contributed by atoms with Crippen LogP contribution in [0.3, 0.4) is 0 Å². The van der Waals surface area contributed by atoms with E-state index in [0.29, 0.717) is 0 Å². The molecule has 0 heterocycles. The van der Waals surface area contributed by atoms with Crippen molar-refractivity contribution in [2.45, 2.75) is 0 Å². The molecule has 0 aromatic rings. The summed E-state index contributed by atoms with van der Waals surface area (Å²) in [5.41, 5.74) is 0. The molecule has 0 amide bonds. The molecule has 0 aliphatic heterocycles. The SMILES string of the molecule is O=S(=O)([O-])[O-].[Cd+2].[Cl][Cu][Cl]. The van der Waals surface area contributed by atoms with Crippen LogP contribution < -0.4 is 0 Å². The van der Waals surface area contributed by atoms with Crippen molar-refractivity contribution in [3.8, 4) is 0 Å². The summed E-state index contributed by atoms with van der Waals surface area (Å²) in [7, 11) is 4.17. The van der Waals surface area contributed by atoms with Crippen LogP contribution in [0.4, 0.5) is 0 Å². The zero-order valence-electron chi connectivity index (χ0n) is 3.81. The van der Waals surface area contributed by atoms with E-state index in [1.807, 2.05) is 0 Å². The fraction of sp³-hybridized carbons (Fsp3) is 0. The van der Waals surface area contributed by atoms with Gasteiger partial charge in [0.25, 0.3) is 0 Å². The minimum atomic E-state index is -5.17. The molecule has 0 aliphatic rings. The predicted octanol–water partition coefficient (Wildman–Crippen LogP) is 0.0360. The van der Waals surface area contributed by atoms with Gasteiger partial charge in [0.05, 0.1) is 0 Å². The van der Waals surface area contributed by atoms with Crippen molar-refractivity contribution in [1.82, 2.24) is 0 Å². The quantitative estimate of drug-likeness (QED) is 0.353. The van der Waals surface area contributed by atoms with Crippen molar-refractivity contribution in [2.75, 3.05) is 0 Å². The zero-order valence-corrected chi connectivity index (χ0v) is 11.1. The second kappa shape index (κ2) is 9.89. The standard InChI is InChI=1S/Cd.2ClH.Cu.H2O4S/c;;;;1-5(2,3)4/h;2*1H;;(H2,1,2,3,4)/q+2;;;+2;/p-4.